The number of fused-ring (bicyclic) bond motifs is 3. The Morgan fingerprint density at radius 1 is 0.226 bits per heavy atom. The van der Waals surface area contributed by atoms with Crippen molar-refractivity contribution in [2.45, 2.75) is 0 Å². The second kappa shape index (κ2) is 16.0. The molecule has 2 aromatic heterocycles. The molecule has 0 fully saturated rings. The Kier molecular flexibility index (Phi) is 9.49. The van der Waals surface area contributed by atoms with Crippen molar-refractivity contribution in [3.05, 3.63) is 231 Å². The molecule has 0 saturated carbocycles. The summed E-state index contributed by atoms with van der Waals surface area (Å²) in [5.41, 5.74) is 14.9. The highest BCUT2D eigenvalue weighted by atomic mass is 15.0. The van der Waals surface area contributed by atoms with Gasteiger partial charge in [-0.1, -0.05) is 212 Å². The second-order valence-corrected chi connectivity index (χ2v) is 15.4. The molecule has 290 valence electrons. The van der Waals surface area contributed by atoms with Gasteiger partial charge in [0, 0.05) is 38.4 Å². The fourth-order valence-electron chi connectivity index (χ4n) is 8.41. The first-order valence-corrected chi connectivity index (χ1v) is 20.9. The number of hydrogen-bond donors (Lipinski definition) is 0. The Hall–Kier alpha value is -8.34. The molecule has 62 heavy (non-hydrogen) atoms. The molecule has 0 saturated heterocycles. The SMILES string of the molecule is c1ccc(-c2cccc(-c3nc(-c4ccc(-c5ccc(-c6cccc7c(-c8ccccc8)nc8ccccc8c67)cc5)cc4)nc(-c4cccc(-c5ccccc5)c4)n3)c2)cc1. The molecule has 0 atom stereocenters. The van der Waals surface area contributed by atoms with Crippen molar-refractivity contribution < 1.29 is 0 Å². The number of para-hydroxylation sites is 1. The molecule has 0 aliphatic carbocycles. The van der Waals surface area contributed by atoms with Crippen LogP contribution in [0.15, 0.2) is 231 Å². The summed E-state index contributed by atoms with van der Waals surface area (Å²) in [5.74, 6) is 1.87. The molecule has 0 bridgehead atoms. The van der Waals surface area contributed by atoms with Crippen molar-refractivity contribution in [3.63, 3.8) is 0 Å². The lowest BCUT2D eigenvalue weighted by atomic mass is 9.92. The standard InChI is InChI=1S/C58H38N4/c1-4-15-39(16-5-1)46-21-12-23-48(37-46)57-60-56(61-58(62-57)49-24-13-22-47(38-49)40-17-6-2-7-18-40)45-35-31-42(32-36-45)41-29-33-43(34-30-41)50-26-14-27-52-54(50)51-25-10-11-28-53(51)59-55(52)44-19-8-3-9-20-44/h1-38H. The number of nitrogens with zero attached hydrogens (tertiary/aromatic N) is 4. The van der Waals surface area contributed by atoms with Gasteiger partial charge < -0.3 is 0 Å². The third-order valence-electron chi connectivity index (χ3n) is 11.5. The molecule has 9 aromatic carbocycles. The third kappa shape index (κ3) is 7.10. The maximum absolute atomic E-state index is 5.15. The summed E-state index contributed by atoms with van der Waals surface area (Å²) in [6, 6.07) is 80.5. The van der Waals surface area contributed by atoms with E-state index in [-0.39, 0.29) is 0 Å². The smallest absolute Gasteiger partial charge is 0.164 e. The molecule has 0 aliphatic rings. The molecule has 2 heterocycles. The fourth-order valence-corrected chi connectivity index (χ4v) is 8.41. The van der Waals surface area contributed by atoms with Crippen molar-refractivity contribution in [3.8, 4) is 89.9 Å². The Balaban J connectivity index is 0.957. The van der Waals surface area contributed by atoms with E-state index in [9.17, 15) is 0 Å². The van der Waals surface area contributed by atoms with E-state index in [1.165, 1.54) is 10.9 Å². The van der Waals surface area contributed by atoms with Crippen LogP contribution in [0.1, 0.15) is 0 Å². The molecular formula is C58H38N4. The number of pyridine rings is 1. The van der Waals surface area contributed by atoms with Crippen LogP contribution in [-0.2, 0) is 0 Å². The fraction of sp³-hybridized carbons (Fsp3) is 0. The number of benzene rings is 9. The van der Waals surface area contributed by atoms with E-state index in [0.717, 1.165) is 83.2 Å². The van der Waals surface area contributed by atoms with E-state index >= 15 is 0 Å². The highest BCUT2D eigenvalue weighted by molar-refractivity contribution is 6.17. The topological polar surface area (TPSA) is 51.6 Å². The Morgan fingerprint density at radius 3 is 1.18 bits per heavy atom. The summed E-state index contributed by atoms with van der Waals surface area (Å²) < 4.78 is 0. The van der Waals surface area contributed by atoms with Gasteiger partial charge in [-0.2, -0.15) is 0 Å². The molecule has 0 aliphatic heterocycles. The lowest BCUT2D eigenvalue weighted by Gasteiger charge is -2.14. The first kappa shape index (κ1) is 36.7. The maximum atomic E-state index is 5.15. The number of hydrogen-bond acceptors (Lipinski definition) is 4. The van der Waals surface area contributed by atoms with Gasteiger partial charge in [0.2, 0.25) is 0 Å². The van der Waals surface area contributed by atoms with Crippen molar-refractivity contribution in [2.24, 2.45) is 0 Å². The summed E-state index contributed by atoms with van der Waals surface area (Å²) in [6.45, 7) is 0. The lowest BCUT2D eigenvalue weighted by Crippen LogP contribution is -2.00. The predicted molar refractivity (Wildman–Crippen MR) is 256 cm³/mol. The van der Waals surface area contributed by atoms with Crippen LogP contribution in [0.4, 0.5) is 0 Å². The maximum Gasteiger partial charge on any atom is 0.164 e. The van der Waals surface area contributed by atoms with Gasteiger partial charge in [0.05, 0.1) is 11.2 Å². The predicted octanol–water partition coefficient (Wildman–Crippen LogP) is 14.9. The first-order chi connectivity index (χ1) is 30.7. The Morgan fingerprint density at radius 2 is 0.613 bits per heavy atom. The van der Waals surface area contributed by atoms with Gasteiger partial charge in [0.1, 0.15) is 0 Å². The summed E-state index contributed by atoms with van der Waals surface area (Å²) >= 11 is 0. The van der Waals surface area contributed by atoms with Crippen LogP contribution in [-0.4, -0.2) is 19.9 Å². The average Bonchev–Trinajstić information content (AvgIpc) is 3.37. The van der Waals surface area contributed by atoms with E-state index in [1.54, 1.807) is 0 Å². The van der Waals surface area contributed by atoms with Crippen molar-refractivity contribution >= 4 is 21.7 Å². The van der Waals surface area contributed by atoms with Crippen LogP contribution in [0.5, 0.6) is 0 Å². The minimum atomic E-state index is 0.620. The van der Waals surface area contributed by atoms with Gasteiger partial charge in [0.25, 0.3) is 0 Å². The van der Waals surface area contributed by atoms with Crippen LogP contribution >= 0.6 is 0 Å². The highest BCUT2D eigenvalue weighted by Gasteiger charge is 2.16. The minimum Gasteiger partial charge on any atom is -0.247 e. The zero-order valence-corrected chi connectivity index (χ0v) is 33.7. The quantitative estimate of drug-likeness (QED) is 0.144. The Bertz CT molecular complexity index is 3260. The molecular weight excluding hydrogens is 753 g/mol. The van der Waals surface area contributed by atoms with Crippen molar-refractivity contribution in [1.29, 1.82) is 0 Å². The van der Waals surface area contributed by atoms with E-state index < -0.39 is 0 Å². The molecule has 0 N–H and O–H groups in total. The normalized spacial score (nSPS) is 11.2. The monoisotopic (exact) mass is 790 g/mol. The number of aromatic nitrogens is 4. The zero-order chi connectivity index (χ0) is 41.2. The molecule has 0 spiro atoms. The average molecular weight is 791 g/mol. The van der Waals surface area contributed by atoms with Crippen LogP contribution in [0, 0.1) is 0 Å². The molecule has 11 aromatic rings. The van der Waals surface area contributed by atoms with E-state index in [0.29, 0.717) is 17.5 Å². The minimum absolute atomic E-state index is 0.620. The van der Waals surface area contributed by atoms with Gasteiger partial charge in [-0.15, -0.1) is 0 Å². The molecule has 0 radical (unpaired) electrons. The molecule has 11 rings (SSSR count). The van der Waals surface area contributed by atoms with Crippen LogP contribution in [0.25, 0.3) is 112 Å². The molecule has 0 amide bonds. The molecule has 4 nitrogen and oxygen atoms in total. The van der Waals surface area contributed by atoms with Crippen molar-refractivity contribution in [1.82, 2.24) is 19.9 Å². The molecule has 0 unspecified atom stereocenters. The summed E-state index contributed by atoms with van der Waals surface area (Å²) in [5, 5.41) is 3.50. The van der Waals surface area contributed by atoms with Crippen molar-refractivity contribution in [2.75, 3.05) is 0 Å². The van der Waals surface area contributed by atoms with E-state index in [2.05, 4.69) is 212 Å². The largest absolute Gasteiger partial charge is 0.247 e. The number of rotatable bonds is 8. The Labute approximate surface area is 360 Å². The summed E-state index contributed by atoms with van der Waals surface area (Å²) in [4.78, 5) is 20.5. The van der Waals surface area contributed by atoms with Crippen LogP contribution in [0.3, 0.4) is 0 Å². The van der Waals surface area contributed by atoms with E-state index in [4.69, 9.17) is 19.9 Å². The molecule has 4 heteroatoms. The summed E-state index contributed by atoms with van der Waals surface area (Å²) in [7, 11) is 0. The highest BCUT2D eigenvalue weighted by Crippen LogP contribution is 2.39. The summed E-state index contributed by atoms with van der Waals surface area (Å²) in [6.07, 6.45) is 0. The third-order valence-corrected chi connectivity index (χ3v) is 11.5. The van der Waals surface area contributed by atoms with Gasteiger partial charge in [-0.3, -0.25) is 0 Å². The zero-order valence-electron chi connectivity index (χ0n) is 33.7. The van der Waals surface area contributed by atoms with Gasteiger partial charge in [0.15, 0.2) is 17.5 Å². The van der Waals surface area contributed by atoms with Gasteiger partial charge >= 0.3 is 0 Å². The van der Waals surface area contributed by atoms with Crippen LogP contribution in [0.2, 0.25) is 0 Å². The van der Waals surface area contributed by atoms with Gasteiger partial charge in [-0.25, -0.2) is 19.9 Å². The van der Waals surface area contributed by atoms with Crippen LogP contribution < -0.4 is 0 Å². The van der Waals surface area contributed by atoms with Gasteiger partial charge in [-0.05, 0) is 62.7 Å². The first-order valence-electron chi connectivity index (χ1n) is 20.9. The van der Waals surface area contributed by atoms with E-state index in [1.807, 2.05) is 18.2 Å². The second-order valence-electron chi connectivity index (χ2n) is 15.4. The lowest BCUT2D eigenvalue weighted by molar-refractivity contribution is 1.07.